The monoisotopic (exact) mass is 489 g/mol. The molecule has 0 saturated heterocycles. The van der Waals surface area contributed by atoms with Gasteiger partial charge in [0.1, 0.15) is 5.78 Å². The van der Waals surface area contributed by atoms with Crippen molar-refractivity contribution in [1.82, 2.24) is 0 Å². The fourth-order valence-corrected chi connectivity index (χ4v) is 3.81. The van der Waals surface area contributed by atoms with Crippen LogP contribution in [0.15, 0.2) is 66.7 Å². The highest BCUT2D eigenvalue weighted by molar-refractivity contribution is 6.36. The maximum Gasteiger partial charge on any atom is 0.273 e. The van der Waals surface area contributed by atoms with Gasteiger partial charge in [-0.1, -0.05) is 66.5 Å². The molecule has 7 heteroatoms. The van der Waals surface area contributed by atoms with Crippen LogP contribution >= 0.6 is 23.2 Å². The molecule has 3 aromatic rings. The van der Waals surface area contributed by atoms with Crippen LogP contribution in [-0.2, 0) is 23.6 Å². The van der Waals surface area contributed by atoms with E-state index in [1.807, 2.05) is 0 Å². The van der Waals surface area contributed by atoms with Crippen LogP contribution in [0.1, 0.15) is 40.4 Å². The van der Waals surface area contributed by atoms with Gasteiger partial charge >= 0.3 is 0 Å². The molecular weight excluding hydrogens is 467 g/mol. The molecule has 0 saturated carbocycles. The number of rotatable bonds is 8. The molecule has 3 nitrogen and oxygen atoms in total. The van der Waals surface area contributed by atoms with Crippen molar-refractivity contribution in [2.24, 2.45) is 0 Å². The Labute approximate surface area is 201 Å². The van der Waals surface area contributed by atoms with Crippen molar-refractivity contribution >= 4 is 40.6 Å². The Bertz CT molecular complexity index is 1150. The van der Waals surface area contributed by atoms with Crippen molar-refractivity contribution < 1.29 is 18.4 Å². The van der Waals surface area contributed by atoms with Crippen LogP contribution < -0.4 is 4.90 Å². The summed E-state index contributed by atoms with van der Waals surface area (Å²) >= 11 is 12.2. The SMILES string of the molecule is CCC(F)(F)c1ccc(CC(=O)Cc2ccc(C(=O)N(C)c3cc(Cl)ccc3Cl)cc2)cc1. The van der Waals surface area contributed by atoms with Gasteiger partial charge in [0.05, 0.1) is 10.7 Å². The molecule has 0 aliphatic heterocycles. The number of halogens is 4. The van der Waals surface area contributed by atoms with Crippen LogP contribution in [0.25, 0.3) is 0 Å². The summed E-state index contributed by atoms with van der Waals surface area (Å²) in [5.74, 6) is -3.18. The van der Waals surface area contributed by atoms with Crippen LogP contribution in [0.3, 0.4) is 0 Å². The van der Waals surface area contributed by atoms with Crippen molar-refractivity contribution in [3.05, 3.63) is 99.0 Å². The van der Waals surface area contributed by atoms with Gasteiger partial charge in [0, 0.05) is 42.5 Å². The number of benzene rings is 3. The molecule has 0 aliphatic carbocycles. The number of Topliss-reactive ketones (excluding diaryl/α,β-unsaturated/α-hetero) is 1. The molecule has 0 unspecified atom stereocenters. The minimum Gasteiger partial charge on any atom is -0.310 e. The Balaban J connectivity index is 1.62. The number of hydrogen-bond acceptors (Lipinski definition) is 2. The van der Waals surface area contributed by atoms with Crippen molar-refractivity contribution in [3.8, 4) is 0 Å². The molecule has 172 valence electrons. The van der Waals surface area contributed by atoms with Gasteiger partial charge in [-0.25, -0.2) is 8.78 Å². The van der Waals surface area contributed by atoms with Gasteiger partial charge in [-0.15, -0.1) is 0 Å². The lowest BCUT2D eigenvalue weighted by Gasteiger charge is -2.19. The first-order valence-corrected chi connectivity index (χ1v) is 11.2. The summed E-state index contributed by atoms with van der Waals surface area (Å²) in [7, 11) is 1.61. The first kappa shape index (κ1) is 24.9. The van der Waals surface area contributed by atoms with Crippen molar-refractivity contribution in [2.75, 3.05) is 11.9 Å². The van der Waals surface area contributed by atoms with Crippen LogP contribution in [0.5, 0.6) is 0 Å². The van der Waals surface area contributed by atoms with E-state index in [2.05, 4.69) is 0 Å². The zero-order valence-corrected chi connectivity index (χ0v) is 19.8. The summed E-state index contributed by atoms with van der Waals surface area (Å²) in [5, 5.41) is 0.875. The van der Waals surface area contributed by atoms with E-state index in [-0.39, 0.29) is 36.5 Å². The molecule has 0 heterocycles. The molecule has 0 spiro atoms. The lowest BCUT2D eigenvalue weighted by atomic mass is 9.99. The lowest BCUT2D eigenvalue weighted by molar-refractivity contribution is -0.117. The Morgan fingerprint density at radius 1 is 0.879 bits per heavy atom. The lowest BCUT2D eigenvalue weighted by Crippen LogP contribution is -2.26. The van der Waals surface area contributed by atoms with Crippen molar-refractivity contribution in [3.63, 3.8) is 0 Å². The summed E-state index contributed by atoms with van der Waals surface area (Å²) in [4.78, 5) is 26.7. The molecule has 0 atom stereocenters. The second-order valence-electron chi connectivity index (χ2n) is 7.80. The molecule has 0 aromatic heterocycles. The smallest absolute Gasteiger partial charge is 0.273 e. The Hall–Kier alpha value is -2.76. The van der Waals surface area contributed by atoms with E-state index >= 15 is 0 Å². The predicted octanol–water partition coefficient (Wildman–Crippen LogP) is 7.13. The van der Waals surface area contributed by atoms with E-state index in [0.717, 1.165) is 5.56 Å². The van der Waals surface area contributed by atoms with Gasteiger partial charge < -0.3 is 4.90 Å². The second kappa shape index (κ2) is 10.4. The van der Waals surface area contributed by atoms with E-state index < -0.39 is 5.92 Å². The van der Waals surface area contributed by atoms with Gasteiger partial charge in [-0.3, -0.25) is 9.59 Å². The standard InChI is InChI=1S/C26H23Cl2F2NO2/c1-3-26(29,30)20-10-6-18(7-11-20)15-22(32)14-17-4-8-19(9-5-17)25(33)31(2)24-16-21(27)12-13-23(24)28/h4-13,16H,3,14-15H2,1-2H3. The van der Waals surface area contributed by atoms with E-state index in [1.165, 1.54) is 24.0 Å². The zero-order chi connectivity index (χ0) is 24.2. The third kappa shape index (κ3) is 6.18. The third-order valence-corrected chi connectivity index (χ3v) is 5.95. The number of alkyl halides is 2. The summed E-state index contributed by atoms with van der Waals surface area (Å²) < 4.78 is 27.5. The van der Waals surface area contributed by atoms with Gasteiger partial charge in [0.2, 0.25) is 0 Å². The fourth-order valence-electron chi connectivity index (χ4n) is 3.40. The van der Waals surface area contributed by atoms with E-state index in [1.54, 1.807) is 61.6 Å². The number of anilines is 1. The topological polar surface area (TPSA) is 37.4 Å². The molecule has 0 bridgehead atoms. The zero-order valence-electron chi connectivity index (χ0n) is 18.2. The van der Waals surface area contributed by atoms with Crippen LogP contribution in [-0.4, -0.2) is 18.7 Å². The van der Waals surface area contributed by atoms with E-state index in [0.29, 0.717) is 26.9 Å². The molecule has 3 rings (SSSR count). The summed E-state index contributed by atoms with van der Waals surface area (Å²) in [6.07, 6.45) is 0.0532. The minimum atomic E-state index is -2.87. The maximum atomic E-state index is 13.7. The number of ketones is 1. The molecule has 1 amide bonds. The largest absolute Gasteiger partial charge is 0.310 e. The van der Waals surface area contributed by atoms with Gasteiger partial charge in [0.25, 0.3) is 11.8 Å². The average Bonchev–Trinajstić information content (AvgIpc) is 2.80. The Morgan fingerprint density at radius 2 is 1.42 bits per heavy atom. The fraction of sp³-hybridized carbons (Fsp3) is 0.231. The van der Waals surface area contributed by atoms with E-state index in [4.69, 9.17) is 23.2 Å². The minimum absolute atomic E-state index is 0.0492. The summed E-state index contributed by atoms with van der Waals surface area (Å²) in [6, 6.07) is 17.5. The summed E-state index contributed by atoms with van der Waals surface area (Å²) in [6.45, 7) is 1.43. The highest BCUT2D eigenvalue weighted by atomic mass is 35.5. The Kier molecular flexibility index (Phi) is 7.88. The molecule has 0 fully saturated rings. The highest BCUT2D eigenvalue weighted by Crippen LogP contribution is 2.31. The van der Waals surface area contributed by atoms with Gasteiger partial charge in [-0.2, -0.15) is 0 Å². The molecule has 0 radical (unpaired) electrons. The maximum absolute atomic E-state index is 13.7. The number of carbonyl (C=O) groups excluding carboxylic acids is 2. The molecular formula is C26H23Cl2F2NO2. The normalized spacial score (nSPS) is 11.3. The van der Waals surface area contributed by atoms with Crippen LogP contribution in [0.4, 0.5) is 14.5 Å². The molecule has 0 N–H and O–H groups in total. The molecule has 33 heavy (non-hydrogen) atoms. The molecule has 3 aromatic carbocycles. The predicted molar refractivity (Wildman–Crippen MR) is 129 cm³/mol. The van der Waals surface area contributed by atoms with Gasteiger partial charge in [0.15, 0.2) is 0 Å². The number of hydrogen-bond donors (Lipinski definition) is 0. The first-order valence-electron chi connectivity index (χ1n) is 10.4. The number of nitrogens with zero attached hydrogens (tertiary/aromatic N) is 1. The Morgan fingerprint density at radius 3 is 1.97 bits per heavy atom. The first-order chi connectivity index (χ1) is 15.6. The van der Waals surface area contributed by atoms with Crippen molar-refractivity contribution in [2.45, 2.75) is 32.1 Å². The third-order valence-electron chi connectivity index (χ3n) is 5.40. The van der Waals surface area contributed by atoms with Crippen LogP contribution in [0.2, 0.25) is 10.0 Å². The van der Waals surface area contributed by atoms with Gasteiger partial charge in [-0.05, 0) is 41.5 Å². The summed E-state index contributed by atoms with van der Waals surface area (Å²) in [5.41, 5.74) is 2.33. The van der Waals surface area contributed by atoms with Crippen molar-refractivity contribution in [1.29, 1.82) is 0 Å². The highest BCUT2D eigenvalue weighted by Gasteiger charge is 2.28. The van der Waals surface area contributed by atoms with E-state index in [9.17, 15) is 18.4 Å². The number of carbonyl (C=O) groups is 2. The second-order valence-corrected chi connectivity index (χ2v) is 8.65. The quantitative estimate of drug-likeness (QED) is 0.337. The number of amides is 1. The molecule has 0 aliphatic rings. The van der Waals surface area contributed by atoms with Crippen LogP contribution in [0, 0.1) is 0 Å². The average molecular weight is 490 g/mol.